The number of benzene rings is 2. The predicted molar refractivity (Wildman–Crippen MR) is 81.2 cm³/mol. The van der Waals surface area contributed by atoms with E-state index in [1.165, 1.54) is 6.07 Å². The van der Waals surface area contributed by atoms with Crippen molar-refractivity contribution in [1.82, 2.24) is 0 Å². The molecule has 1 amide bonds. The molecule has 2 rings (SSSR count). The van der Waals surface area contributed by atoms with Gasteiger partial charge >= 0.3 is 0 Å². The first-order valence-electron chi connectivity index (χ1n) is 6.20. The van der Waals surface area contributed by atoms with Crippen LogP contribution in [-0.2, 0) is 0 Å². The minimum atomic E-state index is -0.676. The summed E-state index contributed by atoms with van der Waals surface area (Å²) < 4.78 is 0. The van der Waals surface area contributed by atoms with Crippen LogP contribution in [0.1, 0.15) is 17.3 Å². The van der Waals surface area contributed by atoms with Crippen LogP contribution in [0.15, 0.2) is 36.4 Å². The number of carbonyl (C=O) groups excluding carboxylic acids is 1. The van der Waals surface area contributed by atoms with E-state index < -0.39 is 5.91 Å². The van der Waals surface area contributed by atoms with Crippen molar-refractivity contribution in [3.63, 3.8) is 0 Å². The van der Waals surface area contributed by atoms with Gasteiger partial charge in [-0.05, 0) is 25.1 Å². The van der Waals surface area contributed by atoms with E-state index in [9.17, 15) is 9.90 Å². The lowest BCUT2D eigenvalue weighted by Gasteiger charge is -2.11. The summed E-state index contributed by atoms with van der Waals surface area (Å²) >= 11 is 6.24. The molecule has 0 bridgehead atoms. The number of phenols is 1. The maximum absolute atomic E-state index is 11.2. The molecule has 0 aliphatic heterocycles. The van der Waals surface area contributed by atoms with E-state index in [4.69, 9.17) is 17.3 Å². The lowest BCUT2D eigenvalue weighted by molar-refractivity contribution is 0.0998. The Morgan fingerprint density at radius 3 is 2.65 bits per heavy atom. The van der Waals surface area contributed by atoms with Gasteiger partial charge in [0.1, 0.15) is 5.75 Å². The van der Waals surface area contributed by atoms with Crippen LogP contribution in [0.3, 0.4) is 0 Å². The number of nitrogens with two attached hydrogens (primary N) is 1. The number of anilines is 1. The van der Waals surface area contributed by atoms with Crippen molar-refractivity contribution in [2.75, 3.05) is 11.9 Å². The van der Waals surface area contributed by atoms with Crippen LogP contribution in [0.2, 0.25) is 5.02 Å². The fraction of sp³-hybridized carbons (Fsp3) is 0.133. The maximum Gasteiger partial charge on any atom is 0.252 e. The molecule has 2 aromatic carbocycles. The molecule has 0 spiro atoms. The van der Waals surface area contributed by atoms with Crippen molar-refractivity contribution in [2.24, 2.45) is 5.73 Å². The van der Waals surface area contributed by atoms with Gasteiger partial charge in [0.2, 0.25) is 0 Å². The summed E-state index contributed by atoms with van der Waals surface area (Å²) in [5.74, 6) is -0.831. The number of nitrogens with one attached hydrogen (secondary N) is 1. The molecule has 4 nitrogen and oxygen atoms in total. The van der Waals surface area contributed by atoms with Crippen molar-refractivity contribution in [3.8, 4) is 16.9 Å². The number of rotatable bonds is 4. The molecule has 0 aliphatic carbocycles. The second kappa shape index (κ2) is 5.84. The van der Waals surface area contributed by atoms with Gasteiger partial charge in [0.25, 0.3) is 5.91 Å². The van der Waals surface area contributed by atoms with Gasteiger partial charge in [0, 0.05) is 23.4 Å². The van der Waals surface area contributed by atoms with Crippen molar-refractivity contribution >= 4 is 23.2 Å². The molecule has 2 aromatic rings. The number of aromatic hydroxyl groups is 1. The Balaban J connectivity index is 2.52. The molecule has 4 N–H and O–H groups in total. The van der Waals surface area contributed by atoms with Gasteiger partial charge in [-0.2, -0.15) is 0 Å². The van der Waals surface area contributed by atoms with Crippen LogP contribution >= 0.6 is 11.6 Å². The van der Waals surface area contributed by atoms with Crippen molar-refractivity contribution in [3.05, 3.63) is 47.0 Å². The highest BCUT2D eigenvalue weighted by atomic mass is 35.5. The molecule has 0 saturated carbocycles. The quantitative estimate of drug-likeness (QED) is 0.809. The molecule has 0 aliphatic rings. The summed E-state index contributed by atoms with van der Waals surface area (Å²) in [6.45, 7) is 2.78. The van der Waals surface area contributed by atoms with E-state index >= 15 is 0 Å². The number of carbonyl (C=O) groups is 1. The van der Waals surface area contributed by atoms with Crippen LogP contribution in [-0.4, -0.2) is 17.6 Å². The Labute approximate surface area is 122 Å². The highest BCUT2D eigenvalue weighted by Gasteiger charge is 2.14. The van der Waals surface area contributed by atoms with E-state index in [1.807, 2.05) is 13.0 Å². The highest BCUT2D eigenvalue weighted by molar-refractivity contribution is 6.33. The number of primary amides is 1. The Morgan fingerprint density at radius 2 is 2.05 bits per heavy atom. The first kappa shape index (κ1) is 14.2. The van der Waals surface area contributed by atoms with Crippen LogP contribution < -0.4 is 11.1 Å². The third-order valence-corrected chi connectivity index (χ3v) is 3.25. The molecule has 0 atom stereocenters. The van der Waals surface area contributed by atoms with Gasteiger partial charge < -0.3 is 16.2 Å². The van der Waals surface area contributed by atoms with Gasteiger partial charge in [-0.25, -0.2) is 0 Å². The first-order valence-corrected chi connectivity index (χ1v) is 6.58. The Hall–Kier alpha value is -2.20. The molecule has 20 heavy (non-hydrogen) atoms. The molecule has 0 radical (unpaired) electrons. The molecule has 0 heterocycles. The molecular formula is C15H15ClN2O2. The molecule has 104 valence electrons. The summed E-state index contributed by atoms with van der Waals surface area (Å²) in [6, 6.07) is 10.2. The minimum absolute atomic E-state index is 0.0781. The van der Waals surface area contributed by atoms with Crippen LogP contribution in [0.4, 0.5) is 5.69 Å². The summed E-state index contributed by atoms with van der Waals surface area (Å²) in [5, 5.41) is 13.8. The summed E-state index contributed by atoms with van der Waals surface area (Å²) in [4.78, 5) is 11.2. The number of hydrogen-bond donors (Lipinski definition) is 3. The van der Waals surface area contributed by atoms with Crippen LogP contribution in [0.25, 0.3) is 11.1 Å². The van der Waals surface area contributed by atoms with Crippen LogP contribution in [0, 0.1) is 0 Å². The normalized spacial score (nSPS) is 10.3. The van der Waals surface area contributed by atoms with E-state index in [-0.39, 0.29) is 11.3 Å². The zero-order valence-corrected chi connectivity index (χ0v) is 11.7. The van der Waals surface area contributed by atoms with E-state index in [2.05, 4.69) is 5.32 Å². The fourth-order valence-electron chi connectivity index (χ4n) is 2.01. The van der Waals surface area contributed by atoms with Gasteiger partial charge in [-0.3, -0.25) is 4.79 Å². The Bertz CT molecular complexity index is 656. The number of halogens is 1. The Morgan fingerprint density at radius 1 is 1.30 bits per heavy atom. The van der Waals surface area contributed by atoms with Gasteiger partial charge in [0.15, 0.2) is 0 Å². The number of para-hydroxylation sites is 1. The summed E-state index contributed by atoms with van der Waals surface area (Å²) in [7, 11) is 0. The van der Waals surface area contributed by atoms with Crippen molar-refractivity contribution in [2.45, 2.75) is 6.92 Å². The topological polar surface area (TPSA) is 75.3 Å². The fourth-order valence-corrected chi connectivity index (χ4v) is 2.29. The van der Waals surface area contributed by atoms with Crippen LogP contribution in [0.5, 0.6) is 5.75 Å². The average Bonchev–Trinajstić information content (AvgIpc) is 2.40. The van der Waals surface area contributed by atoms with Gasteiger partial charge in [-0.15, -0.1) is 0 Å². The Kier molecular flexibility index (Phi) is 4.15. The van der Waals surface area contributed by atoms with Crippen molar-refractivity contribution < 1.29 is 9.90 Å². The van der Waals surface area contributed by atoms with Gasteiger partial charge in [-0.1, -0.05) is 29.8 Å². The van der Waals surface area contributed by atoms with Gasteiger partial charge in [0.05, 0.1) is 10.6 Å². The average molecular weight is 291 g/mol. The minimum Gasteiger partial charge on any atom is -0.506 e. The summed E-state index contributed by atoms with van der Waals surface area (Å²) in [6.07, 6.45) is 0. The lowest BCUT2D eigenvalue weighted by Crippen LogP contribution is -2.11. The zero-order valence-electron chi connectivity index (χ0n) is 11.0. The maximum atomic E-state index is 11.2. The third-order valence-electron chi connectivity index (χ3n) is 2.94. The lowest BCUT2D eigenvalue weighted by atomic mass is 10.0. The second-order valence-corrected chi connectivity index (χ2v) is 4.70. The third kappa shape index (κ3) is 2.70. The van der Waals surface area contributed by atoms with E-state index in [1.54, 1.807) is 24.3 Å². The molecule has 0 fully saturated rings. The molecule has 0 saturated heterocycles. The molecule has 0 unspecified atom stereocenters. The number of amides is 1. The molecular weight excluding hydrogens is 276 g/mol. The first-order chi connectivity index (χ1) is 9.54. The largest absolute Gasteiger partial charge is 0.506 e. The molecule has 5 heteroatoms. The van der Waals surface area contributed by atoms with E-state index in [0.717, 1.165) is 12.2 Å². The SMILES string of the molecule is CCNc1ccc(-c2cccc(C(N)=O)c2O)c(Cl)c1. The smallest absolute Gasteiger partial charge is 0.252 e. The standard InChI is InChI=1S/C15H15ClN2O2/c1-2-18-9-6-7-10(13(16)8-9)11-4-3-5-12(14(11)19)15(17)20/h3-8,18-19H,2H2,1H3,(H2,17,20). The summed E-state index contributed by atoms with van der Waals surface area (Å²) in [5.41, 5.74) is 7.32. The number of hydrogen-bond acceptors (Lipinski definition) is 3. The highest BCUT2D eigenvalue weighted by Crippen LogP contribution is 2.37. The second-order valence-electron chi connectivity index (χ2n) is 4.29. The zero-order chi connectivity index (χ0) is 14.7. The molecule has 0 aromatic heterocycles. The van der Waals surface area contributed by atoms with E-state index in [0.29, 0.717) is 16.1 Å². The monoisotopic (exact) mass is 290 g/mol. The predicted octanol–water partition coefficient (Wildman–Crippen LogP) is 3.24. The van der Waals surface area contributed by atoms with Crippen molar-refractivity contribution in [1.29, 1.82) is 0 Å².